The summed E-state index contributed by atoms with van der Waals surface area (Å²) in [5, 5.41) is 7.81. The van der Waals surface area contributed by atoms with Crippen molar-refractivity contribution in [3.05, 3.63) is 92.4 Å². The summed E-state index contributed by atoms with van der Waals surface area (Å²) in [5.41, 5.74) is 4.85. The van der Waals surface area contributed by atoms with E-state index in [0.717, 1.165) is 5.56 Å². The van der Waals surface area contributed by atoms with E-state index in [-0.39, 0.29) is 6.61 Å². The van der Waals surface area contributed by atoms with Gasteiger partial charge in [-0.2, -0.15) is 5.10 Å². The lowest BCUT2D eigenvalue weighted by Crippen LogP contribution is -2.32. The predicted octanol–water partition coefficient (Wildman–Crippen LogP) is 5.62. The van der Waals surface area contributed by atoms with E-state index < -0.39 is 11.8 Å². The first-order valence-electron chi connectivity index (χ1n) is 9.40. The quantitative estimate of drug-likeness (QED) is 0.267. The molecule has 9 heteroatoms. The lowest BCUT2D eigenvalue weighted by atomic mass is 10.2. The minimum atomic E-state index is -0.908. The van der Waals surface area contributed by atoms with Gasteiger partial charge in [0, 0.05) is 26.3 Å². The van der Waals surface area contributed by atoms with Gasteiger partial charge in [-0.3, -0.25) is 9.59 Å². The molecule has 0 bridgehead atoms. The van der Waals surface area contributed by atoms with Gasteiger partial charge < -0.3 is 10.1 Å². The summed E-state index contributed by atoms with van der Waals surface area (Å²) in [6.45, 7) is 2.06. The van der Waals surface area contributed by atoms with Crippen molar-refractivity contribution in [3.8, 4) is 5.75 Å². The monoisotopic (exact) mass is 489 g/mol. The number of carbonyl (C=O) groups is 2. The van der Waals surface area contributed by atoms with Crippen LogP contribution in [0.1, 0.15) is 16.7 Å². The number of anilines is 1. The summed E-state index contributed by atoms with van der Waals surface area (Å²) >= 11 is 18.3. The van der Waals surface area contributed by atoms with Gasteiger partial charge in [0.2, 0.25) is 0 Å². The van der Waals surface area contributed by atoms with E-state index in [2.05, 4.69) is 15.8 Å². The van der Waals surface area contributed by atoms with Gasteiger partial charge in [0.25, 0.3) is 0 Å². The molecule has 6 nitrogen and oxygen atoms in total. The van der Waals surface area contributed by atoms with E-state index in [0.29, 0.717) is 37.6 Å². The van der Waals surface area contributed by atoms with E-state index in [1.54, 1.807) is 60.7 Å². The highest BCUT2D eigenvalue weighted by molar-refractivity contribution is 6.40. The molecule has 0 spiro atoms. The number of nitrogens with zero attached hydrogens (tertiary/aromatic N) is 1. The van der Waals surface area contributed by atoms with Crippen LogP contribution >= 0.6 is 34.8 Å². The van der Waals surface area contributed by atoms with Crippen molar-refractivity contribution in [3.63, 3.8) is 0 Å². The average Bonchev–Trinajstić information content (AvgIpc) is 2.77. The van der Waals surface area contributed by atoms with E-state index in [1.165, 1.54) is 6.21 Å². The Morgan fingerprint density at radius 1 is 0.938 bits per heavy atom. The van der Waals surface area contributed by atoms with E-state index in [4.69, 9.17) is 39.5 Å². The molecule has 0 aliphatic rings. The molecular weight excluding hydrogens is 473 g/mol. The second kappa shape index (κ2) is 11.0. The van der Waals surface area contributed by atoms with Crippen LogP contribution in [0.2, 0.25) is 15.1 Å². The topological polar surface area (TPSA) is 79.8 Å². The lowest BCUT2D eigenvalue weighted by molar-refractivity contribution is -0.136. The zero-order valence-corrected chi connectivity index (χ0v) is 19.1. The maximum Gasteiger partial charge on any atom is 0.329 e. The molecular formula is C23H18Cl3N3O3. The molecule has 0 aliphatic carbocycles. The molecule has 0 saturated heterocycles. The summed E-state index contributed by atoms with van der Waals surface area (Å²) in [6.07, 6.45) is 1.41. The van der Waals surface area contributed by atoms with Crippen LogP contribution in [0, 0.1) is 6.92 Å². The summed E-state index contributed by atoms with van der Waals surface area (Å²) in [7, 11) is 0. The first kappa shape index (κ1) is 23.6. The lowest BCUT2D eigenvalue weighted by Gasteiger charge is -2.09. The van der Waals surface area contributed by atoms with Crippen LogP contribution in [-0.2, 0) is 16.2 Å². The number of hydrazone groups is 1. The summed E-state index contributed by atoms with van der Waals surface area (Å²) in [6, 6.07) is 17.2. The summed E-state index contributed by atoms with van der Waals surface area (Å²) < 4.78 is 5.71. The first-order valence-corrected chi connectivity index (χ1v) is 10.5. The molecule has 0 heterocycles. The number of hydrogen-bond donors (Lipinski definition) is 2. The van der Waals surface area contributed by atoms with Crippen molar-refractivity contribution in [2.45, 2.75) is 13.5 Å². The highest BCUT2D eigenvalue weighted by Crippen LogP contribution is 2.26. The molecule has 32 heavy (non-hydrogen) atoms. The Morgan fingerprint density at radius 2 is 1.62 bits per heavy atom. The molecule has 164 valence electrons. The zero-order chi connectivity index (χ0) is 23.1. The standard InChI is InChI=1S/C23H18Cl3N3O3/c1-14-5-8-16(11-21(14)26)28-22(30)23(31)29-27-12-15-6-9-17(10-7-15)32-13-18-19(24)3-2-4-20(18)25/h2-12H,13H2,1H3,(H,28,30)(H,29,31)/b27-12-. The number of carbonyl (C=O) groups excluding carboxylic acids is 2. The van der Waals surface area contributed by atoms with E-state index in [1.807, 2.05) is 6.92 Å². The summed E-state index contributed by atoms with van der Waals surface area (Å²) in [5.74, 6) is -1.16. The fraction of sp³-hybridized carbons (Fsp3) is 0.0870. The van der Waals surface area contributed by atoms with E-state index >= 15 is 0 Å². The van der Waals surface area contributed by atoms with Crippen LogP contribution in [-0.4, -0.2) is 18.0 Å². The maximum absolute atomic E-state index is 12.0. The third kappa shape index (κ3) is 6.47. The SMILES string of the molecule is Cc1ccc(NC(=O)C(=O)N/N=C\c2ccc(OCc3c(Cl)cccc3Cl)cc2)cc1Cl. The Morgan fingerprint density at radius 3 is 2.28 bits per heavy atom. The molecule has 2 amide bonds. The Bertz CT molecular complexity index is 1140. The normalized spacial score (nSPS) is 10.8. The van der Waals surface area contributed by atoms with Gasteiger partial charge in [0.05, 0.1) is 6.21 Å². The third-order valence-corrected chi connectivity index (χ3v) is 5.46. The largest absolute Gasteiger partial charge is 0.489 e. The number of benzene rings is 3. The highest BCUT2D eigenvalue weighted by atomic mass is 35.5. The number of nitrogens with one attached hydrogen (secondary N) is 2. The number of aryl methyl sites for hydroxylation is 1. The third-order valence-electron chi connectivity index (χ3n) is 4.34. The number of halogens is 3. The summed E-state index contributed by atoms with van der Waals surface area (Å²) in [4.78, 5) is 23.9. The van der Waals surface area contributed by atoms with Gasteiger partial charge in [-0.1, -0.05) is 46.9 Å². The predicted molar refractivity (Wildman–Crippen MR) is 128 cm³/mol. The van der Waals surface area contributed by atoms with Gasteiger partial charge in [-0.05, 0) is 66.6 Å². The van der Waals surface area contributed by atoms with Crippen LogP contribution in [0.4, 0.5) is 5.69 Å². The van der Waals surface area contributed by atoms with Crippen LogP contribution < -0.4 is 15.5 Å². The minimum absolute atomic E-state index is 0.226. The Hall–Kier alpha value is -3.06. The maximum atomic E-state index is 12.0. The first-order chi connectivity index (χ1) is 15.3. The molecule has 2 N–H and O–H groups in total. The van der Waals surface area contributed by atoms with Crippen molar-refractivity contribution in [1.82, 2.24) is 5.43 Å². The highest BCUT2D eigenvalue weighted by Gasteiger charge is 2.13. The molecule has 3 aromatic carbocycles. The molecule has 0 aliphatic heterocycles. The molecule has 0 fully saturated rings. The number of ether oxygens (including phenoxy) is 1. The van der Waals surface area contributed by atoms with Crippen LogP contribution in [0.25, 0.3) is 0 Å². The Balaban J connectivity index is 1.50. The van der Waals surface area contributed by atoms with Crippen molar-refractivity contribution in [2.75, 3.05) is 5.32 Å². The molecule has 0 radical (unpaired) electrons. The smallest absolute Gasteiger partial charge is 0.329 e. The number of amides is 2. The van der Waals surface area contributed by atoms with Gasteiger partial charge in [-0.25, -0.2) is 5.43 Å². The second-order valence-corrected chi connectivity index (χ2v) is 7.90. The number of hydrogen-bond acceptors (Lipinski definition) is 4. The van der Waals surface area contributed by atoms with Crippen molar-refractivity contribution in [1.29, 1.82) is 0 Å². The van der Waals surface area contributed by atoms with Gasteiger partial charge >= 0.3 is 11.8 Å². The van der Waals surface area contributed by atoms with Crippen molar-refractivity contribution in [2.24, 2.45) is 5.10 Å². The molecule has 3 rings (SSSR count). The van der Waals surface area contributed by atoms with E-state index in [9.17, 15) is 9.59 Å². The molecule has 0 aromatic heterocycles. The molecule has 0 atom stereocenters. The Kier molecular flexibility index (Phi) is 8.11. The zero-order valence-electron chi connectivity index (χ0n) is 16.9. The fourth-order valence-corrected chi connectivity index (χ4v) is 3.24. The van der Waals surface area contributed by atoms with Crippen LogP contribution in [0.3, 0.4) is 0 Å². The molecule has 0 saturated carbocycles. The second-order valence-electron chi connectivity index (χ2n) is 6.68. The van der Waals surface area contributed by atoms with Crippen molar-refractivity contribution >= 4 is 58.5 Å². The van der Waals surface area contributed by atoms with Crippen molar-refractivity contribution < 1.29 is 14.3 Å². The number of rotatable bonds is 6. The van der Waals surface area contributed by atoms with Gasteiger partial charge in [0.1, 0.15) is 12.4 Å². The van der Waals surface area contributed by atoms with Gasteiger partial charge in [-0.15, -0.1) is 0 Å². The fourth-order valence-electron chi connectivity index (χ4n) is 2.55. The van der Waals surface area contributed by atoms with Crippen LogP contribution in [0.15, 0.2) is 65.8 Å². The van der Waals surface area contributed by atoms with Gasteiger partial charge in [0.15, 0.2) is 0 Å². The molecule has 0 unspecified atom stereocenters. The van der Waals surface area contributed by atoms with Crippen LogP contribution in [0.5, 0.6) is 5.75 Å². The minimum Gasteiger partial charge on any atom is -0.489 e. The Labute approximate surface area is 200 Å². The molecule has 3 aromatic rings. The average molecular weight is 491 g/mol.